The Kier molecular flexibility index (Phi) is 3.67. The predicted molar refractivity (Wildman–Crippen MR) is 91.1 cm³/mol. The third kappa shape index (κ3) is 2.75. The minimum atomic E-state index is -0.837. The summed E-state index contributed by atoms with van der Waals surface area (Å²) >= 11 is 0. The fourth-order valence-corrected chi connectivity index (χ4v) is 3.67. The fourth-order valence-electron chi connectivity index (χ4n) is 3.67. The van der Waals surface area contributed by atoms with Crippen LogP contribution in [0, 0.1) is 11.8 Å². The Morgan fingerprint density at radius 2 is 1.52 bits per heavy atom. The summed E-state index contributed by atoms with van der Waals surface area (Å²) in [5.41, 5.74) is 1.38. The van der Waals surface area contributed by atoms with Crippen LogP contribution in [0.1, 0.15) is 15.9 Å². The van der Waals surface area contributed by atoms with E-state index in [-0.39, 0.29) is 31.9 Å². The maximum absolute atomic E-state index is 13.0. The Hall–Kier alpha value is -3.22. The lowest BCUT2D eigenvalue weighted by Crippen LogP contribution is -2.27. The molecule has 0 N–H and O–H groups in total. The zero-order valence-corrected chi connectivity index (χ0v) is 14.3. The first-order valence-electron chi connectivity index (χ1n) is 8.68. The summed E-state index contributed by atoms with van der Waals surface area (Å²) < 4.78 is 26.5. The van der Waals surface area contributed by atoms with Gasteiger partial charge >= 0.3 is 5.97 Å². The van der Waals surface area contributed by atoms with Crippen molar-refractivity contribution in [3.05, 3.63) is 47.5 Å². The van der Waals surface area contributed by atoms with Gasteiger partial charge in [-0.2, -0.15) is 0 Å². The summed E-state index contributed by atoms with van der Waals surface area (Å²) in [4.78, 5) is 25.3. The third-order valence-corrected chi connectivity index (χ3v) is 5.04. The molecule has 2 aromatic carbocycles. The Morgan fingerprint density at radius 3 is 2.30 bits per heavy atom. The van der Waals surface area contributed by atoms with Crippen LogP contribution in [0.4, 0.5) is 0 Å². The van der Waals surface area contributed by atoms with Gasteiger partial charge in [-0.1, -0.05) is 6.07 Å². The molecule has 7 heteroatoms. The van der Waals surface area contributed by atoms with Gasteiger partial charge in [-0.3, -0.25) is 9.59 Å². The standard InChI is InChI=1S/C20H16O7/c21-19(12-2-4-15-17(7-12)27-10-25-15)18-13(8-23-20(18)22)5-11-1-3-14-16(6-11)26-9-24-14/h1-4,6-7,13,18H,5,8-10H2. The summed E-state index contributed by atoms with van der Waals surface area (Å²) in [5.74, 6) is 0.662. The number of hydrogen-bond acceptors (Lipinski definition) is 7. The molecule has 1 fully saturated rings. The molecule has 0 aromatic heterocycles. The number of benzene rings is 2. The van der Waals surface area contributed by atoms with E-state index in [0.717, 1.165) is 5.56 Å². The molecule has 0 bridgehead atoms. The lowest BCUT2D eigenvalue weighted by atomic mass is 9.84. The predicted octanol–water partition coefficient (Wildman–Crippen LogP) is 2.36. The largest absolute Gasteiger partial charge is 0.465 e. The van der Waals surface area contributed by atoms with Crippen LogP contribution in [-0.2, 0) is 16.0 Å². The van der Waals surface area contributed by atoms with Gasteiger partial charge in [0, 0.05) is 11.5 Å². The van der Waals surface area contributed by atoms with Crippen molar-refractivity contribution in [3.8, 4) is 23.0 Å². The monoisotopic (exact) mass is 368 g/mol. The first kappa shape index (κ1) is 16.0. The highest BCUT2D eigenvalue weighted by molar-refractivity contribution is 6.09. The number of hydrogen-bond donors (Lipinski definition) is 0. The number of fused-ring (bicyclic) bond motifs is 2. The second-order valence-electron chi connectivity index (χ2n) is 6.69. The smallest absolute Gasteiger partial charge is 0.317 e. The molecule has 0 aliphatic carbocycles. The molecule has 1 saturated heterocycles. The molecule has 7 nitrogen and oxygen atoms in total. The molecule has 0 radical (unpaired) electrons. The maximum Gasteiger partial charge on any atom is 0.317 e. The molecule has 0 saturated carbocycles. The van der Waals surface area contributed by atoms with Crippen molar-refractivity contribution in [1.29, 1.82) is 0 Å². The number of carbonyl (C=O) groups excluding carboxylic acids is 2. The van der Waals surface area contributed by atoms with Crippen LogP contribution in [-0.4, -0.2) is 31.9 Å². The van der Waals surface area contributed by atoms with Crippen LogP contribution in [0.25, 0.3) is 0 Å². The van der Waals surface area contributed by atoms with Crippen molar-refractivity contribution in [2.75, 3.05) is 20.2 Å². The van der Waals surface area contributed by atoms with E-state index in [4.69, 9.17) is 23.7 Å². The van der Waals surface area contributed by atoms with E-state index in [0.29, 0.717) is 35.0 Å². The van der Waals surface area contributed by atoms with Gasteiger partial charge in [0.2, 0.25) is 13.6 Å². The van der Waals surface area contributed by atoms with Gasteiger partial charge in [0.1, 0.15) is 5.92 Å². The van der Waals surface area contributed by atoms with E-state index in [1.54, 1.807) is 18.2 Å². The molecule has 2 atom stereocenters. The van der Waals surface area contributed by atoms with Gasteiger partial charge < -0.3 is 23.7 Å². The molecular formula is C20H16O7. The fraction of sp³-hybridized carbons (Fsp3) is 0.300. The van der Waals surface area contributed by atoms with Crippen LogP contribution >= 0.6 is 0 Å². The Morgan fingerprint density at radius 1 is 0.852 bits per heavy atom. The molecule has 3 aliphatic heterocycles. The van der Waals surface area contributed by atoms with Crippen molar-refractivity contribution in [1.82, 2.24) is 0 Å². The van der Waals surface area contributed by atoms with Crippen LogP contribution < -0.4 is 18.9 Å². The Balaban J connectivity index is 1.38. The topological polar surface area (TPSA) is 80.3 Å². The van der Waals surface area contributed by atoms with Gasteiger partial charge in [0.05, 0.1) is 6.61 Å². The molecule has 0 amide bonds. The Labute approximate surface area is 154 Å². The van der Waals surface area contributed by atoms with Crippen molar-refractivity contribution < 1.29 is 33.3 Å². The van der Waals surface area contributed by atoms with Crippen LogP contribution in [0.15, 0.2) is 36.4 Å². The van der Waals surface area contributed by atoms with Gasteiger partial charge in [0.25, 0.3) is 0 Å². The minimum Gasteiger partial charge on any atom is -0.465 e. The maximum atomic E-state index is 13.0. The number of rotatable bonds is 4. The average Bonchev–Trinajstić information content (AvgIpc) is 3.40. The summed E-state index contributed by atoms with van der Waals surface area (Å²) in [6.45, 7) is 0.550. The zero-order chi connectivity index (χ0) is 18.4. The molecule has 138 valence electrons. The van der Waals surface area contributed by atoms with Crippen molar-refractivity contribution in [2.24, 2.45) is 11.8 Å². The zero-order valence-electron chi connectivity index (χ0n) is 14.3. The van der Waals surface area contributed by atoms with E-state index in [1.165, 1.54) is 0 Å². The molecule has 0 spiro atoms. The first-order chi connectivity index (χ1) is 13.2. The number of cyclic esters (lactones) is 1. The molecular weight excluding hydrogens is 352 g/mol. The normalized spacial score (nSPS) is 22.0. The minimum absolute atomic E-state index is 0.130. The highest BCUT2D eigenvalue weighted by Crippen LogP contribution is 2.37. The molecule has 3 heterocycles. The Bertz CT molecular complexity index is 936. The molecule has 2 unspecified atom stereocenters. The lowest BCUT2D eigenvalue weighted by Gasteiger charge is -2.15. The van der Waals surface area contributed by atoms with Crippen molar-refractivity contribution >= 4 is 11.8 Å². The van der Waals surface area contributed by atoms with Gasteiger partial charge in [0.15, 0.2) is 28.8 Å². The van der Waals surface area contributed by atoms with Crippen LogP contribution in [0.5, 0.6) is 23.0 Å². The number of Topliss-reactive ketones (excluding diaryl/α,β-unsaturated/α-hetero) is 1. The highest BCUT2D eigenvalue weighted by Gasteiger charge is 2.42. The van der Waals surface area contributed by atoms with Gasteiger partial charge in [-0.25, -0.2) is 0 Å². The van der Waals surface area contributed by atoms with E-state index in [1.807, 2.05) is 18.2 Å². The van der Waals surface area contributed by atoms with Crippen LogP contribution in [0.3, 0.4) is 0 Å². The number of esters is 1. The van der Waals surface area contributed by atoms with Gasteiger partial charge in [-0.15, -0.1) is 0 Å². The molecule has 27 heavy (non-hydrogen) atoms. The molecule has 3 aliphatic rings. The first-order valence-corrected chi connectivity index (χ1v) is 8.68. The quantitative estimate of drug-likeness (QED) is 0.466. The summed E-state index contributed by atoms with van der Waals surface area (Å²) in [6.07, 6.45) is 0.531. The van der Waals surface area contributed by atoms with E-state index < -0.39 is 11.9 Å². The summed E-state index contributed by atoms with van der Waals surface area (Å²) in [7, 11) is 0. The second-order valence-corrected chi connectivity index (χ2v) is 6.69. The van der Waals surface area contributed by atoms with Crippen molar-refractivity contribution in [2.45, 2.75) is 6.42 Å². The second kappa shape index (κ2) is 6.19. The number of carbonyl (C=O) groups is 2. The average molecular weight is 368 g/mol. The van der Waals surface area contributed by atoms with Gasteiger partial charge in [-0.05, 0) is 42.3 Å². The van der Waals surface area contributed by atoms with Crippen molar-refractivity contribution in [3.63, 3.8) is 0 Å². The van der Waals surface area contributed by atoms with E-state index in [2.05, 4.69) is 0 Å². The number of ketones is 1. The van der Waals surface area contributed by atoms with E-state index >= 15 is 0 Å². The highest BCUT2D eigenvalue weighted by atomic mass is 16.7. The lowest BCUT2D eigenvalue weighted by molar-refractivity contribution is -0.140. The van der Waals surface area contributed by atoms with E-state index in [9.17, 15) is 9.59 Å². The molecule has 2 aromatic rings. The number of ether oxygens (including phenoxy) is 5. The summed E-state index contributed by atoms with van der Waals surface area (Å²) in [5, 5.41) is 0. The SMILES string of the molecule is O=C1OCC(Cc2ccc3c(c2)OCO3)C1C(=O)c1ccc2c(c1)OCO2. The summed E-state index contributed by atoms with van der Waals surface area (Å²) in [6, 6.07) is 10.6. The third-order valence-electron chi connectivity index (χ3n) is 5.04. The van der Waals surface area contributed by atoms with Crippen LogP contribution in [0.2, 0.25) is 0 Å². The molecule has 5 rings (SSSR count).